The number of benzene rings is 4. The van der Waals surface area contributed by atoms with Crippen LogP contribution in [0.3, 0.4) is 0 Å². The first-order valence-corrected chi connectivity index (χ1v) is 13.8. The number of anilines is 1. The molecule has 202 valence electrons. The molecule has 10 heteroatoms. The van der Waals surface area contributed by atoms with Gasteiger partial charge in [0.15, 0.2) is 10.7 Å². The van der Waals surface area contributed by atoms with Gasteiger partial charge >= 0.3 is 0 Å². The van der Waals surface area contributed by atoms with E-state index in [1.165, 1.54) is 12.2 Å². The number of carbonyl (C=O) groups excluding carboxylic acids is 1. The zero-order valence-electron chi connectivity index (χ0n) is 21.0. The number of thiocarbonyl (C=S) groups is 1. The summed E-state index contributed by atoms with van der Waals surface area (Å²) in [6, 6.07) is 25.5. The molecule has 6 aromatic rings. The van der Waals surface area contributed by atoms with Gasteiger partial charge in [0.1, 0.15) is 17.0 Å². The smallest absolute Gasteiger partial charge is 0.250 e. The molecule has 2 heterocycles. The third-order valence-corrected chi connectivity index (χ3v) is 7.12. The first-order valence-electron chi connectivity index (χ1n) is 12.3. The van der Waals surface area contributed by atoms with Gasteiger partial charge in [-0.1, -0.05) is 59.1 Å². The zero-order chi connectivity index (χ0) is 28.5. The molecule has 0 spiro atoms. The SMILES string of the molecule is O=C(/C=C/c1ccc(-c2cc(Cl)cc(Cl)c2)o1)NC(=S)Nc1ccc2oc(-c3cccc4c(Cl)cccc34)nc2c1. The van der Waals surface area contributed by atoms with Crippen LogP contribution in [0.15, 0.2) is 99.8 Å². The number of hydrogen-bond donors (Lipinski definition) is 2. The number of halogens is 3. The lowest BCUT2D eigenvalue weighted by atomic mass is 10.0. The van der Waals surface area contributed by atoms with Crippen LogP contribution in [0.25, 0.3) is 50.7 Å². The highest BCUT2D eigenvalue weighted by Gasteiger charge is 2.13. The van der Waals surface area contributed by atoms with Gasteiger partial charge in [-0.05, 0) is 84.3 Å². The van der Waals surface area contributed by atoms with E-state index < -0.39 is 5.91 Å². The summed E-state index contributed by atoms with van der Waals surface area (Å²) in [5, 5.41) is 9.27. The molecule has 0 radical (unpaired) electrons. The van der Waals surface area contributed by atoms with Crippen molar-refractivity contribution in [3.63, 3.8) is 0 Å². The Morgan fingerprint density at radius 1 is 0.854 bits per heavy atom. The van der Waals surface area contributed by atoms with Crippen molar-refractivity contribution < 1.29 is 13.6 Å². The quantitative estimate of drug-likeness (QED) is 0.148. The Balaban J connectivity index is 1.12. The molecule has 6 rings (SSSR count). The molecule has 0 saturated heterocycles. The monoisotopic (exact) mass is 617 g/mol. The van der Waals surface area contributed by atoms with E-state index in [0.717, 1.165) is 21.9 Å². The molecule has 0 unspecified atom stereocenters. The van der Waals surface area contributed by atoms with Gasteiger partial charge in [0.25, 0.3) is 0 Å². The van der Waals surface area contributed by atoms with Crippen LogP contribution in [0.1, 0.15) is 5.76 Å². The van der Waals surface area contributed by atoms with E-state index in [9.17, 15) is 4.79 Å². The highest BCUT2D eigenvalue weighted by molar-refractivity contribution is 7.80. The summed E-state index contributed by atoms with van der Waals surface area (Å²) in [6.45, 7) is 0. The summed E-state index contributed by atoms with van der Waals surface area (Å²) >= 11 is 23.8. The van der Waals surface area contributed by atoms with Crippen LogP contribution in [-0.4, -0.2) is 16.0 Å². The van der Waals surface area contributed by atoms with Crippen molar-refractivity contribution in [2.75, 3.05) is 5.32 Å². The van der Waals surface area contributed by atoms with Crippen LogP contribution in [0.2, 0.25) is 15.1 Å². The van der Waals surface area contributed by atoms with E-state index in [0.29, 0.717) is 49.3 Å². The maximum absolute atomic E-state index is 12.4. The number of furan rings is 1. The summed E-state index contributed by atoms with van der Waals surface area (Å²) in [5.74, 6) is 1.10. The maximum Gasteiger partial charge on any atom is 0.250 e. The van der Waals surface area contributed by atoms with Gasteiger partial charge in [-0.3, -0.25) is 10.1 Å². The van der Waals surface area contributed by atoms with Gasteiger partial charge in [0.05, 0.1) is 0 Å². The average molecular weight is 619 g/mol. The molecule has 0 aliphatic rings. The first kappa shape index (κ1) is 27.1. The van der Waals surface area contributed by atoms with Crippen LogP contribution in [0.4, 0.5) is 5.69 Å². The third-order valence-electron chi connectivity index (χ3n) is 6.15. The summed E-state index contributed by atoms with van der Waals surface area (Å²) in [7, 11) is 0. The molecule has 2 N–H and O–H groups in total. The van der Waals surface area contributed by atoms with Gasteiger partial charge in [-0.15, -0.1) is 0 Å². The maximum atomic E-state index is 12.4. The predicted octanol–water partition coefficient (Wildman–Crippen LogP) is 9.39. The van der Waals surface area contributed by atoms with Crippen molar-refractivity contribution >= 4 is 91.7 Å². The number of rotatable bonds is 5. The van der Waals surface area contributed by atoms with Crippen molar-refractivity contribution in [3.05, 3.63) is 112 Å². The average Bonchev–Trinajstić information content (AvgIpc) is 3.58. The fourth-order valence-corrected chi connectivity index (χ4v) is 5.33. The van der Waals surface area contributed by atoms with Crippen molar-refractivity contribution in [1.29, 1.82) is 0 Å². The molecule has 41 heavy (non-hydrogen) atoms. The molecular formula is C31H18Cl3N3O3S. The minimum absolute atomic E-state index is 0.125. The lowest BCUT2D eigenvalue weighted by molar-refractivity contribution is -0.115. The fraction of sp³-hybridized carbons (Fsp3) is 0. The summed E-state index contributed by atoms with van der Waals surface area (Å²) in [4.78, 5) is 17.1. The van der Waals surface area contributed by atoms with Gasteiger partial charge in [-0.2, -0.15) is 0 Å². The Kier molecular flexibility index (Phi) is 7.51. The number of oxazole rings is 1. The summed E-state index contributed by atoms with van der Waals surface area (Å²) in [6.07, 6.45) is 2.86. The number of nitrogens with one attached hydrogen (secondary N) is 2. The number of amides is 1. The molecule has 0 atom stereocenters. The van der Waals surface area contributed by atoms with E-state index in [-0.39, 0.29) is 5.11 Å². The second-order valence-electron chi connectivity index (χ2n) is 8.98. The highest BCUT2D eigenvalue weighted by Crippen LogP contribution is 2.34. The van der Waals surface area contributed by atoms with Crippen molar-refractivity contribution in [2.24, 2.45) is 0 Å². The number of aromatic nitrogens is 1. The zero-order valence-corrected chi connectivity index (χ0v) is 24.0. The second-order valence-corrected chi connectivity index (χ2v) is 10.7. The second kappa shape index (κ2) is 11.4. The molecule has 0 aliphatic heterocycles. The third kappa shape index (κ3) is 5.99. The molecule has 0 fully saturated rings. The number of hydrogen-bond acceptors (Lipinski definition) is 5. The van der Waals surface area contributed by atoms with E-state index >= 15 is 0 Å². The van der Waals surface area contributed by atoms with E-state index in [1.807, 2.05) is 36.4 Å². The standard InChI is InChI=1S/C31H18Cl3N3O3S/c32-18-13-17(14-19(33)15-18)27-11-8-21(39-27)9-12-29(38)37-31(41)35-20-7-10-28-26(16-20)36-30(40-28)24-5-1-4-23-22(24)3-2-6-25(23)34/h1-16H,(H2,35,37,38,41)/b12-9+. The Morgan fingerprint density at radius 2 is 1.63 bits per heavy atom. The van der Waals surface area contributed by atoms with Gasteiger partial charge in [-0.25, -0.2) is 4.98 Å². The molecular weight excluding hydrogens is 601 g/mol. The summed E-state index contributed by atoms with van der Waals surface area (Å²) < 4.78 is 11.8. The van der Waals surface area contributed by atoms with E-state index in [4.69, 9.17) is 55.9 Å². The number of nitrogens with zero attached hydrogens (tertiary/aromatic N) is 1. The van der Waals surface area contributed by atoms with Gasteiger partial charge < -0.3 is 14.2 Å². The van der Waals surface area contributed by atoms with Crippen molar-refractivity contribution in [3.8, 4) is 22.8 Å². The normalized spacial score (nSPS) is 11.4. The van der Waals surface area contributed by atoms with Crippen LogP contribution in [0, 0.1) is 0 Å². The molecule has 4 aromatic carbocycles. The molecule has 0 bridgehead atoms. The van der Waals surface area contributed by atoms with Crippen LogP contribution < -0.4 is 10.6 Å². The minimum Gasteiger partial charge on any atom is -0.457 e. The van der Waals surface area contributed by atoms with Crippen LogP contribution in [-0.2, 0) is 4.79 Å². The number of carbonyl (C=O) groups is 1. The fourth-order valence-electron chi connectivity index (χ4n) is 4.35. The lowest BCUT2D eigenvalue weighted by Gasteiger charge is -2.07. The Hall–Kier alpha value is -4.14. The lowest BCUT2D eigenvalue weighted by Crippen LogP contribution is -2.32. The van der Waals surface area contributed by atoms with Gasteiger partial charge in [0, 0.05) is 43.3 Å². The molecule has 0 aliphatic carbocycles. The van der Waals surface area contributed by atoms with Crippen molar-refractivity contribution in [1.82, 2.24) is 10.3 Å². The number of fused-ring (bicyclic) bond motifs is 2. The highest BCUT2D eigenvalue weighted by atomic mass is 35.5. The topological polar surface area (TPSA) is 80.3 Å². The molecule has 0 saturated carbocycles. The molecule has 2 aromatic heterocycles. The molecule has 1 amide bonds. The van der Waals surface area contributed by atoms with Crippen LogP contribution in [0.5, 0.6) is 0 Å². The van der Waals surface area contributed by atoms with Crippen molar-refractivity contribution in [2.45, 2.75) is 0 Å². The van der Waals surface area contributed by atoms with E-state index in [1.54, 1.807) is 48.5 Å². The first-order chi connectivity index (χ1) is 19.8. The van der Waals surface area contributed by atoms with Gasteiger partial charge in [0.2, 0.25) is 11.8 Å². The molecule has 6 nitrogen and oxygen atoms in total. The van der Waals surface area contributed by atoms with E-state index in [2.05, 4.69) is 15.6 Å². The summed E-state index contributed by atoms with van der Waals surface area (Å²) in [5.41, 5.74) is 3.46. The Bertz CT molecular complexity index is 1980. The Labute approximate surface area is 254 Å². The minimum atomic E-state index is -0.425. The Morgan fingerprint density at radius 3 is 2.46 bits per heavy atom. The predicted molar refractivity (Wildman–Crippen MR) is 170 cm³/mol. The van der Waals surface area contributed by atoms with Crippen LogP contribution >= 0.6 is 47.0 Å². The largest absolute Gasteiger partial charge is 0.457 e.